The molecule has 0 saturated heterocycles. The molecule has 3 N–H and O–H groups in total. The molecule has 0 aliphatic heterocycles. The summed E-state index contributed by atoms with van der Waals surface area (Å²) in [5, 5.41) is 3.03. The van der Waals surface area contributed by atoms with Crippen molar-refractivity contribution in [3.63, 3.8) is 0 Å². The number of rotatable bonds is 4. The topological polar surface area (TPSA) is 55.1 Å². The Balaban J connectivity index is 0.00000180. The van der Waals surface area contributed by atoms with E-state index in [0.29, 0.717) is 6.54 Å². The maximum absolute atomic E-state index is 12.0. The number of carbonyl (C=O) groups excluding carboxylic acids is 1. The average molecular weight is 283 g/mol. The summed E-state index contributed by atoms with van der Waals surface area (Å²) in [6, 6.07) is 8.29. The van der Waals surface area contributed by atoms with Gasteiger partial charge in [0.05, 0.1) is 5.92 Å². The number of benzene rings is 1. The van der Waals surface area contributed by atoms with Crippen LogP contribution in [0.25, 0.3) is 0 Å². The summed E-state index contributed by atoms with van der Waals surface area (Å²) in [7, 11) is 0. The molecule has 3 nitrogen and oxygen atoms in total. The Morgan fingerprint density at radius 1 is 1.32 bits per heavy atom. The van der Waals surface area contributed by atoms with Crippen LogP contribution in [0.2, 0.25) is 0 Å². The van der Waals surface area contributed by atoms with Gasteiger partial charge in [-0.25, -0.2) is 0 Å². The fraction of sp³-hybridized carbons (Fsp3) is 0.533. The molecule has 1 aliphatic rings. The molecule has 1 amide bonds. The Labute approximate surface area is 121 Å². The van der Waals surface area contributed by atoms with Crippen LogP contribution in [0, 0.1) is 5.92 Å². The second-order valence-corrected chi connectivity index (χ2v) is 5.04. The zero-order valence-electron chi connectivity index (χ0n) is 11.4. The number of carbonyl (C=O) groups is 1. The molecule has 1 aliphatic carbocycles. The first kappa shape index (κ1) is 16.0. The van der Waals surface area contributed by atoms with Crippen molar-refractivity contribution in [2.24, 2.45) is 11.7 Å². The number of aryl methyl sites for hydroxylation is 1. The van der Waals surface area contributed by atoms with Crippen LogP contribution in [0.3, 0.4) is 0 Å². The van der Waals surface area contributed by atoms with Crippen LogP contribution in [0.5, 0.6) is 0 Å². The van der Waals surface area contributed by atoms with Gasteiger partial charge in [0.25, 0.3) is 0 Å². The summed E-state index contributed by atoms with van der Waals surface area (Å²) in [5.41, 5.74) is 8.45. The molecule has 1 aromatic rings. The molecule has 2 unspecified atom stereocenters. The lowest BCUT2D eigenvalue weighted by atomic mass is 10.0. The van der Waals surface area contributed by atoms with Crippen LogP contribution >= 0.6 is 12.4 Å². The Hall–Kier alpha value is -1.06. The first-order chi connectivity index (χ1) is 8.72. The van der Waals surface area contributed by atoms with Gasteiger partial charge in [-0.05, 0) is 30.4 Å². The second-order valence-electron chi connectivity index (χ2n) is 5.04. The lowest BCUT2D eigenvalue weighted by molar-refractivity contribution is -0.125. The molecule has 1 fully saturated rings. The number of halogens is 1. The molecule has 0 aromatic heterocycles. The molecule has 0 bridgehead atoms. The van der Waals surface area contributed by atoms with Gasteiger partial charge in [0.1, 0.15) is 0 Å². The Bertz CT molecular complexity index is 422. The highest BCUT2D eigenvalue weighted by atomic mass is 35.5. The standard InChI is InChI=1S/C15H22N2O.ClH/c1-2-11-6-3-4-7-12(11)10-17-15(18)13-8-5-9-14(13)16;/h3-4,6-7,13-14H,2,5,8-10,16H2,1H3,(H,17,18);1H. The van der Waals surface area contributed by atoms with Crippen molar-refractivity contribution < 1.29 is 4.79 Å². The maximum atomic E-state index is 12.0. The van der Waals surface area contributed by atoms with Crippen LogP contribution in [-0.2, 0) is 17.8 Å². The Morgan fingerprint density at radius 3 is 2.58 bits per heavy atom. The van der Waals surface area contributed by atoms with Crippen LogP contribution in [0.1, 0.15) is 37.3 Å². The summed E-state index contributed by atoms with van der Waals surface area (Å²) in [6.07, 6.45) is 3.98. The van der Waals surface area contributed by atoms with Gasteiger partial charge < -0.3 is 11.1 Å². The van der Waals surface area contributed by atoms with E-state index in [9.17, 15) is 4.79 Å². The van der Waals surface area contributed by atoms with Crippen molar-refractivity contribution in [1.82, 2.24) is 5.32 Å². The molecule has 0 heterocycles. The van der Waals surface area contributed by atoms with E-state index in [4.69, 9.17) is 5.73 Å². The quantitative estimate of drug-likeness (QED) is 0.891. The molecular weight excluding hydrogens is 260 g/mol. The highest BCUT2D eigenvalue weighted by molar-refractivity contribution is 5.85. The molecule has 19 heavy (non-hydrogen) atoms. The molecule has 4 heteroatoms. The van der Waals surface area contributed by atoms with E-state index in [2.05, 4.69) is 24.4 Å². The van der Waals surface area contributed by atoms with Gasteiger partial charge in [0, 0.05) is 12.6 Å². The molecule has 2 atom stereocenters. The zero-order valence-corrected chi connectivity index (χ0v) is 12.2. The van der Waals surface area contributed by atoms with Crippen molar-refractivity contribution in [1.29, 1.82) is 0 Å². The van der Waals surface area contributed by atoms with E-state index in [0.717, 1.165) is 25.7 Å². The van der Waals surface area contributed by atoms with Gasteiger partial charge in [-0.2, -0.15) is 0 Å². The molecule has 1 aromatic carbocycles. The molecule has 106 valence electrons. The van der Waals surface area contributed by atoms with Crippen LogP contribution in [-0.4, -0.2) is 11.9 Å². The lowest BCUT2D eigenvalue weighted by Gasteiger charge is -2.16. The monoisotopic (exact) mass is 282 g/mol. The van der Waals surface area contributed by atoms with Crippen molar-refractivity contribution in [3.8, 4) is 0 Å². The van der Waals surface area contributed by atoms with Crippen molar-refractivity contribution in [2.45, 2.75) is 45.2 Å². The van der Waals surface area contributed by atoms with Crippen molar-refractivity contribution >= 4 is 18.3 Å². The van der Waals surface area contributed by atoms with Crippen molar-refractivity contribution in [2.75, 3.05) is 0 Å². The third kappa shape index (κ3) is 3.95. The van der Waals surface area contributed by atoms with E-state index in [-0.39, 0.29) is 30.3 Å². The second kappa shape index (κ2) is 7.51. The first-order valence-electron chi connectivity index (χ1n) is 6.82. The van der Waals surface area contributed by atoms with E-state index < -0.39 is 0 Å². The van der Waals surface area contributed by atoms with Gasteiger partial charge in [0.2, 0.25) is 5.91 Å². The smallest absolute Gasteiger partial charge is 0.224 e. The third-order valence-corrected chi connectivity index (χ3v) is 3.86. The van der Waals surface area contributed by atoms with Crippen LogP contribution in [0.4, 0.5) is 0 Å². The maximum Gasteiger partial charge on any atom is 0.224 e. The van der Waals surface area contributed by atoms with Crippen LogP contribution < -0.4 is 11.1 Å². The van der Waals surface area contributed by atoms with E-state index in [1.807, 2.05) is 12.1 Å². The number of hydrogen-bond donors (Lipinski definition) is 2. The summed E-state index contributed by atoms with van der Waals surface area (Å²) >= 11 is 0. The SMILES string of the molecule is CCc1ccccc1CNC(=O)C1CCCC1N.Cl. The lowest BCUT2D eigenvalue weighted by Crippen LogP contribution is -2.38. The minimum Gasteiger partial charge on any atom is -0.352 e. The highest BCUT2D eigenvalue weighted by Gasteiger charge is 2.29. The summed E-state index contributed by atoms with van der Waals surface area (Å²) in [4.78, 5) is 12.0. The third-order valence-electron chi connectivity index (χ3n) is 3.86. The Kier molecular flexibility index (Phi) is 6.32. The van der Waals surface area contributed by atoms with E-state index >= 15 is 0 Å². The van der Waals surface area contributed by atoms with Crippen LogP contribution in [0.15, 0.2) is 24.3 Å². The number of nitrogens with one attached hydrogen (secondary N) is 1. The van der Waals surface area contributed by atoms with E-state index in [1.54, 1.807) is 0 Å². The zero-order chi connectivity index (χ0) is 13.0. The number of nitrogens with two attached hydrogens (primary N) is 1. The minimum absolute atomic E-state index is 0. The van der Waals surface area contributed by atoms with Gasteiger partial charge >= 0.3 is 0 Å². The average Bonchev–Trinajstić information content (AvgIpc) is 2.82. The summed E-state index contributed by atoms with van der Waals surface area (Å²) in [6.45, 7) is 2.75. The highest BCUT2D eigenvalue weighted by Crippen LogP contribution is 2.24. The van der Waals surface area contributed by atoms with Gasteiger partial charge in [-0.3, -0.25) is 4.79 Å². The Morgan fingerprint density at radius 2 is 2.00 bits per heavy atom. The molecule has 1 saturated carbocycles. The fourth-order valence-corrected chi connectivity index (χ4v) is 2.70. The molecule has 0 radical (unpaired) electrons. The van der Waals surface area contributed by atoms with Gasteiger partial charge in [0.15, 0.2) is 0 Å². The predicted molar refractivity (Wildman–Crippen MR) is 80.2 cm³/mol. The van der Waals surface area contributed by atoms with Gasteiger partial charge in [-0.15, -0.1) is 12.4 Å². The molecule has 2 rings (SSSR count). The summed E-state index contributed by atoms with van der Waals surface area (Å²) < 4.78 is 0. The largest absolute Gasteiger partial charge is 0.352 e. The predicted octanol–water partition coefficient (Wildman–Crippen LogP) is 2.41. The number of amides is 1. The first-order valence-corrected chi connectivity index (χ1v) is 6.82. The molecule has 0 spiro atoms. The fourth-order valence-electron chi connectivity index (χ4n) is 2.70. The van der Waals surface area contributed by atoms with Crippen molar-refractivity contribution in [3.05, 3.63) is 35.4 Å². The van der Waals surface area contributed by atoms with E-state index in [1.165, 1.54) is 11.1 Å². The number of hydrogen-bond acceptors (Lipinski definition) is 2. The van der Waals surface area contributed by atoms with Gasteiger partial charge in [-0.1, -0.05) is 37.6 Å². The summed E-state index contributed by atoms with van der Waals surface area (Å²) in [5.74, 6) is 0.129. The normalized spacial score (nSPS) is 21.8. The molecular formula is C15H23ClN2O. The minimum atomic E-state index is 0.